The molecule has 4 heteroatoms. The first-order valence-corrected chi connectivity index (χ1v) is 8.46. The number of aldehydes is 1. The average molecular weight is 344 g/mol. The summed E-state index contributed by atoms with van der Waals surface area (Å²) in [6.07, 6.45) is 8.45. The Morgan fingerprint density at radius 2 is 2.08 bits per heavy atom. The second kappa shape index (κ2) is 9.24. The lowest BCUT2D eigenvalue weighted by Gasteiger charge is -2.22. The van der Waals surface area contributed by atoms with E-state index >= 15 is 0 Å². The Morgan fingerprint density at radius 3 is 2.75 bits per heavy atom. The van der Waals surface area contributed by atoms with Crippen LogP contribution in [0.1, 0.15) is 38.2 Å². The Labute approximate surface area is 148 Å². The minimum Gasteiger partial charge on any atom is -0.487 e. The van der Waals surface area contributed by atoms with Gasteiger partial charge in [0, 0.05) is 5.02 Å². The molecule has 0 heterocycles. The number of hydrogen-bond donors (Lipinski definition) is 0. The zero-order chi connectivity index (χ0) is 17.4. The third kappa shape index (κ3) is 4.45. The first-order valence-electron chi connectivity index (χ1n) is 8.08. The largest absolute Gasteiger partial charge is 0.487 e. The highest BCUT2D eigenvalue weighted by Crippen LogP contribution is 2.36. The highest BCUT2D eigenvalue weighted by molar-refractivity contribution is 6.32. The van der Waals surface area contributed by atoms with Gasteiger partial charge < -0.3 is 4.74 Å². The molecule has 0 aliphatic heterocycles. The van der Waals surface area contributed by atoms with Crippen molar-refractivity contribution in [3.63, 3.8) is 0 Å². The van der Waals surface area contributed by atoms with Crippen molar-refractivity contribution < 1.29 is 9.53 Å². The van der Waals surface area contributed by atoms with Gasteiger partial charge in [0.1, 0.15) is 18.1 Å². The molecule has 0 atom stereocenters. The number of carbonyl (C=O) groups excluding carboxylic acids is 1. The summed E-state index contributed by atoms with van der Waals surface area (Å²) in [5, 5.41) is 0.762. The van der Waals surface area contributed by atoms with Crippen LogP contribution in [-0.4, -0.2) is 19.6 Å². The molecule has 126 valence electrons. The maximum absolute atomic E-state index is 11.1. The second-order valence-electron chi connectivity index (χ2n) is 5.58. The number of carbonyl (C=O) groups is 1. The van der Waals surface area contributed by atoms with Crippen LogP contribution >= 0.6 is 11.6 Å². The van der Waals surface area contributed by atoms with Gasteiger partial charge in [-0.15, -0.1) is 0 Å². The topological polar surface area (TPSA) is 38.7 Å². The number of aliphatic imine (C=N–C) groups is 1. The summed E-state index contributed by atoms with van der Waals surface area (Å²) in [7, 11) is 0. The molecule has 0 spiro atoms. The highest BCUT2D eigenvalue weighted by Gasteiger charge is 2.17. The number of ether oxygens (including phenoxy) is 1. The Balaban J connectivity index is 2.31. The van der Waals surface area contributed by atoms with Crippen LogP contribution in [0.4, 0.5) is 0 Å². The van der Waals surface area contributed by atoms with Crippen molar-refractivity contribution in [1.82, 2.24) is 0 Å². The SMILES string of the molecule is C=N/C(C=O)=C(\C=C/C)OCC1=C(c2ccccc2Cl)CCCC1. The van der Waals surface area contributed by atoms with Gasteiger partial charge in [0.05, 0.1) is 0 Å². The van der Waals surface area contributed by atoms with E-state index in [0.717, 1.165) is 36.3 Å². The van der Waals surface area contributed by atoms with E-state index in [4.69, 9.17) is 16.3 Å². The van der Waals surface area contributed by atoms with Crippen molar-refractivity contribution >= 4 is 30.2 Å². The number of rotatable bonds is 7. The maximum Gasteiger partial charge on any atom is 0.172 e. The van der Waals surface area contributed by atoms with Crippen LogP contribution in [0.2, 0.25) is 5.02 Å². The second-order valence-corrected chi connectivity index (χ2v) is 5.99. The van der Waals surface area contributed by atoms with Gasteiger partial charge in [-0.25, -0.2) is 0 Å². The first-order chi connectivity index (χ1) is 11.7. The summed E-state index contributed by atoms with van der Waals surface area (Å²) in [5.41, 5.74) is 3.77. The normalized spacial score (nSPS) is 16.1. The number of benzene rings is 1. The molecule has 0 saturated carbocycles. The summed E-state index contributed by atoms with van der Waals surface area (Å²) in [5.74, 6) is 0.444. The molecule has 2 rings (SSSR count). The Morgan fingerprint density at radius 1 is 1.33 bits per heavy atom. The lowest BCUT2D eigenvalue weighted by Crippen LogP contribution is -2.07. The summed E-state index contributed by atoms with van der Waals surface area (Å²) in [6.45, 7) is 5.71. The van der Waals surface area contributed by atoms with Gasteiger partial charge in [0.25, 0.3) is 0 Å². The zero-order valence-electron chi connectivity index (χ0n) is 13.9. The predicted molar refractivity (Wildman–Crippen MR) is 100 cm³/mol. The number of hydrogen-bond acceptors (Lipinski definition) is 3. The molecule has 24 heavy (non-hydrogen) atoms. The van der Waals surface area contributed by atoms with E-state index < -0.39 is 0 Å². The van der Waals surface area contributed by atoms with E-state index in [1.54, 1.807) is 6.08 Å². The van der Waals surface area contributed by atoms with Gasteiger partial charge in [-0.3, -0.25) is 9.79 Å². The Bertz CT molecular complexity index is 691. The third-order valence-corrected chi connectivity index (χ3v) is 4.37. The monoisotopic (exact) mass is 343 g/mol. The van der Waals surface area contributed by atoms with E-state index in [9.17, 15) is 4.79 Å². The molecule has 3 nitrogen and oxygen atoms in total. The smallest absolute Gasteiger partial charge is 0.172 e. The molecule has 1 aliphatic rings. The quantitative estimate of drug-likeness (QED) is 0.219. The van der Waals surface area contributed by atoms with Crippen LogP contribution in [0.25, 0.3) is 5.57 Å². The summed E-state index contributed by atoms with van der Waals surface area (Å²) in [4.78, 5) is 14.8. The van der Waals surface area contributed by atoms with Crippen molar-refractivity contribution in [2.75, 3.05) is 6.61 Å². The van der Waals surface area contributed by atoms with Gasteiger partial charge in [0.2, 0.25) is 0 Å². The zero-order valence-corrected chi connectivity index (χ0v) is 14.7. The number of allylic oxidation sites excluding steroid dienone is 4. The first kappa shape index (κ1) is 18.2. The van der Waals surface area contributed by atoms with Crippen molar-refractivity contribution in [3.8, 4) is 0 Å². The van der Waals surface area contributed by atoms with Crippen molar-refractivity contribution in [2.45, 2.75) is 32.6 Å². The Kier molecular flexibility index (Phi) is 7.01. The van der Waals surface area contributed by atoms with Crippen molar-refractivity contribution in [2.24, 2.45) is 4.99 Å². The minimum atomic E-state index is 0.212. The van der Waals surface area contributed by atoms with Gasteiger partial charge >= 0.3 is 0 Å². The molecular formula is C20H22ClNO2. The van der Waals surface area contributed by atoms with Crippen molar-refractivity contribution in [3.05, 3.63) is 64.0 Å². The van der Waals surface area contributed by atoms with Gasteiger partial charge in [-0.1, -0.05) is 35.9 Å². The number of halogens is 1. The molecule has 1 aromatic rings. The standard InChI is InChI=1S/C20H22ClNO2/c1-3-8-20(19(13-23)22-2)24-14-15-9-4-5-10-16(15)17-11-6-7-12-18(17)21/h3,6-8,11-13H,2,4-5,9-10,14H2,1H3/b8-3-,20-19+. The summed E-state index contributed by atoms with van der Waals surface area (Å²) >= 11 is 6.37. The lowest BCUT2D eigenvalue weighted by molar-refractivity contribution is -0.105. The highest BCUT2D eigenvalue weighted by atomic mass is 35.5. The fraction of sp³-hybridized carbons (Fsp3) is 0.300. The van der Waals surface area contributed by atoms with E-state index in [-0.39, 0.29) is 5.70 Å². The fourth-order valence-electron chi connectivity index (χ4n) is 2.86. The van der Waals surface area contributed by atoms with E-state index in [2.05, 4.69) is 11.7 Å². The molecule has 1 aromatic carbocycles. The van der Waals surface area contributed by atoms with Gasteiger partial charge in [0.15, 0.2) is 6.29 Å². The fourth-order valence-corrected chi connectivity index (χ4v) is 3.10. The molecule has 0 amide bonds. The molecule has 0 bridgehead atoms. The lowest BCUT2D eigenvalue weighted by atomic mass is 9.87. The maximum atomic E-state index is 11.1. The van der Waals surface area contributed by atoms with E-state index in [1.807, 2.05) is 37.3 Å². The average Bonchev–Trinajstić information content (AvgIpc) is 2.61. The van der Waals surface area contributed by atoms with Gasteiger partial charge in [-0.05, 0) is 68.2 Å². The molecule has 0 unspecified atom stereocenters. The molecule has 0 saturated heterocycles. The van der Waals surface area contributed by atoms with Crippen LogP contribution < -0.4 is 0 Å². The summed E-state index contributed by atoms with van der Waals surface area (Å²) < 4.78 is 5.88. The minimum absolute atomic E-state index is 0.212. The molecule has 0 radical (unpaired) electrons. The molecule has 1 aliphatic carbocycles. The van der Waals surface area contributed by atoms with Crippen LogP contribution in [0.3, 0.4) is 0 Å². The molecule has 0 N–H and O–H groups in total. The number of nitrogens with zero attached hydrogens (tertiary/aromatic N) is 1. The summed E-state index contributed by atoms with van der Waals surface area (Å²) in [6, 6.07) is 7.89. The van der Waals surface area contributed by atoms with E-state index in [1.165, 1.54) is 11.1 Å². The van der Waals surface area contributed by atoms with Crippen LogP contribution in [0, 0.1) is 0 Å². The molecule has 0 aromatic heterocycles. The van der Waals surface area contributed by atoms with Crippen LogP contribution in [0.15, 0.2) is 58.4 Å². The Hall–Kier alpha value is -2.13. The van der Waals surface area contributed by atoms with Crippen LogP contribution in [0.5, 0.6) is 0 Å². The predicted octanol–water partition coefficient (Wildman–Crippen LogP) is 5.37. The molecular weight excluding hydrogens is 322 g/mol. The van der Waals surface area contributed by atoms with E-state index in [0.29, 0.717) is 18.7 Å². The third-order valence-electron chi connectivity index (χ3n) is 4.04. The molecule has 0 fully saturated rings. The van der Waals surface area contributed by atoms with Gasteiger partial charge in [-0.2, -0.15) is 0 Å². The van der Waals surface area contributed by atoms with Crippen molar-refractivity contribution in [1.29, 1.82) is 0 Å². The van der Waals surface area contributed by atoms with Crippen LogP contribution in [-0.2, 0) is 9.53 Å².